The topological polar surface area (TPSA) is 81.1 Å². The van der Waals surface area contributed by atoms with Gasteiger partial charge in [0.05, 0.1) is 10.2 Å². The highest BCUT2D eigenvalue weighted by Crippen LogP contribution is 2.43. The highest BCUT2D eigenvalue weighted by atomic mass is 32.1. The molecular formula is C14H17F2N5S. The molecule has 0 unspecified atom stereocenters. The molecule has 4 rings (SSSR count). The molecule has 1 aliphatic carbocycles. The first-order valence-corrected chi connectivity index (χ1v) is 8.21. The van der Waals surface area contributed by atoms with Crippen molar-refractivity contribution in [2.75, 3.05) is 23.7 Å². The smallest absolute Gasteiger partial charge is 0.252 e. The van der Waals surface area contributed by atoms with E-state index in [1.165, 1.54) is 11.3 Å². The summed E-state index contributed by atoms with van der Waals surface area (Å²) < 4.78 is 28.4. The van der Waals surface area contributed by atoms with Crippen LogP contribution in [0.5, 0.6) is 0 Å². The van der Waals surface area contributed by atoms with Crippen LogP contribution in [-0.2, 0) is 12.8 Å². The molecule has 0 spiro atoms. The molecule has 8 heteroatoms. The van der Waals surface area contributed by atoms with Crippen molar-refractivity contribution in [2.45, 2.75) is 37.6 Å². The van der Waals surface area contributed by atoms with E-state index in [9.17, 15) is 8.78 Å². The maximum Gasteiger partial charge on any atom is 0.252 e. The first-order chi connectivity index (χ1) is 10.4. The minimum absolute atomic E-state index is 0.0976. The number of hydrogen-bond donors (Lipinski definition) is 2. The fourth-order valence-corrected chi connectivity index (χ4v) is 4.57. The molecule has 5 nitrogen and oxygen atoms in total. The van der Waals surface area contributed by atoms with Crippen LogP contribution < -0.4 is 16.4 Å². The average Bonchev–Trinajstić information content (AvgIpc) is 3.01. The van der Waals surface area contributed by atoms with Crippen molar-refractivity contribution < 1.29 is 8.78 Å². The summed E-state index contributed by atoms with van der Waals surface area (Å²) in [6.07, 6.45) is 0.939. The summed E-state index contributed by atoms with van der Waals surface area (Å²) in [7, 11) is 0. The van der Waals surface area contributed by atoms with Crippen LogP contribution in [0.2, 0.25) is 0 Å². The van der Waals surface area contributed by atoms with E-state index in [2.05, 4.69) is 14.9 Å². The van der Waals surface area contributed by atoms with E-state index in [0.717, 1.165) is 28.4 Å². The molecule has 0 bridgehead atoms. The second-order valence-electron chi connectivity index (χ2n) is 6.11. The van der Waals surface area contributed by atoms with E-state index >= 15 is 0 Å². The number of nitrogens with two attached hydrogens (primary N) is 2. The standard InChI is InChI=1S/C14H17F2N5S/c15-14(16)3-1-9-8(5-14)10-11(22-9)12(20-13(18)19-10)21-4-2-7(17)6-21/h7H,1-6,17H2,(H2,18,19,20)/t7-/m1/s1. The Morgan fingerprint density at radius 1 is 1.32 bits per heavy atom. The normalized spacial score (nSPS) is 24.0. The Balaban J connectivity index is 1.87. The Hall–Kier alpha value is -1.54. The number of nitrogen functional groups attached to an aromatic ring is 1. The Labute approximate surface area is 130 Å². The summed E-state index contributed by atoms with van der Waals surface area (Å²) in [5.74, 6) is -1.77. The van der Waals surface area contributed by atoms with Gasteiger partial charge in [-0.15, -0.1) is 11.3 Å². The molecule has 1 fully saturated rings. The van der Waals surface area contributed by atoms with Gasteiger partial charge >= 0.3 is 0 Å². The fraction of sp³-hybridized carbons (Fsp3) is 0.571. The van der Waals surface area contributed by atoms with Gasteiger partial charge in [-0.2, -0.15) is 4.98 Å². The molecule has 22 heavy (non-hydrogen) atoms. The number of thiophene rings is 1. The van der Waals surface area contributed by atoms with Gasteiger partial charge in [-0.1, -0.05) is 0 Å². The van der Waals surface area contributed by atoms with Crippen LogP contribution in [0.4, 0.5) is 20.5 Å². The lowest BCUT2D eigenvalue weighted by Gasteiger charge is -2.21. The zero-order valence-electron chi connectivity index (χ0n) is 12.0. The van der Waals surface area contributed by atoms with E-state index in [1.54, 1.807) is 0 Å². The summed E-state index contributed by atoms with van der Waals surface area (Å²) in [4.78, 5) is 11.7. The minimum atomic E-state index is -2.66. The molecule has 118 valence electrons. The summed E-state index contributed by atoms with van der Waals surface area (Å²) in [5, 5.41) is 0. The molecule has 3 heterocycles. The zero-order valence-corrected chi connectivity index (χ0v) is 12.8. The van der Waals surface area contributed by atoms with Crippen molar-refractivity contribution in [1.29, 1.82) is 0 Å². The number of aryl methyl sites for hydroxylation is 1. The maximum absolute atomic E-state index is 13.7. The number of anilines is 2. The van der Waals surface area contributed by atoms with E-state index in [4.69, 9.17) is 11.5 Å². The summed E-state index contributed by atoms with van der Waals surface area (Å²) in [5.41, 5.74) is 13.0. The lowest BCUT2D eigenvalue weighted by atomic mass is 9.95. The van der Waals surface area contributed by atoms with Crippen molar-refractivity contribution in [3.63, 3.8) is 0 Å². The van der Waals surface area contributed by atoms with Gasteiger partial charge in [-0.25, -0.2) is 13.8 Å². The third kappa shape index (κ3) is 2.21. The zero-order chi connectivity index (χ0) is 15.5. The quantitative estimate of drug-likeness (QED) is 0.837. The second kappa shape index (κ2) is 4.73. The van der Waals surface area contributed by atoms with Crippen LogP contribution in [0, 0.1) is 0 Å². The van der Waals surface area contributed by atoms with Crippen molar-refractivity contribution in [2.24, 2.45) is 5.73 Å². The average molecular weight is 325 g/mol. The first-order valence-electron chi connectivity index (χ1n) is 7.39. The van der Waals surface area contributed by atoms with Gasteiger partial charge in [0.15, 0.2) is 5.82 Å². The number of rotatable bonds is 1. The third-order valence-electron chi connectivity index (χ3n) is 4.39. The van der Waals surface area contributed by atoms with Crippen LogP contribution in [-0.4, -0.2) is 35.0 Å². The predicted octanol–water partition coefficient (Wildman–Crippen LogP) is 1.93. The lowest BCUT2D eigenvalue weighted by molar-refractivity contribution is -0.0113. The molecule has 1 saturated heterocycles. The molecule has 0 aromatic carbocycles. The molecule has 1 atom stereocenters. The van der Waals surface area contributed by atoms with Crippen molar-refractivity contribution in [3.8, 4) is 0 Å². The van der Waals surface area contributed by atoms with Gasteiger partial charge in [0.1, 0.15) is 0 Å². The molecule has 0 saturated carbocycles. The van der Waals surface area contributed by atoms with Crippen LogP contribution >= 0.6 is 11.3 Å². The van der Waals surface area contributed by atoms with Crippen molar-refractivity contribution in [1.82, 2.24) is 9.97 Å². The van der Waals surface area contributed by atoms with E-state index < -0.39 is 5.92 Å². The van der Waals surface area contributed by atoms with Crippen LogP contribution in [0.25, 0.3) is 10.2 Å². The number of aromatic nitrogens is 2. The second-order valence-corrected chi connectivity index (χ2v) is 7.22. The lowest BCUT2D eigenvalue weighted by Crippen LogP contribution is -2.27. The van der Waals surface area contributed by atoms with Gasteiger partial charge in [0.2, 0.25) is 5.95 Å². The van der Waals surface area contributed by atoms with E-state index in [1.807, 2.05) is 0 Å². The molecule has 4 N–H and O–H groups in total. The highest BCUT2D eigenvalue weighted by molar-refractivity contribution is 7.19. The van der Waals surface area contributed by atoms with Gasteiger partial charge in [-0.05, 0) is 18.4 Å². The molecule has 2 aromatic heterocycles. The number of nitrogens with zero attached hydrogens (tertiary/aromatic N) is 3. The molecule has 1 aliphatic heterocycles. The Morgan fingerprint density at radius 3 is 2.86 bits per heavy atom. The Morgan fingerprint density at radius 2 is 2.14 bits per heavy atom. The van der Waals surface area contributed by atoms with Gasteiger partial charge in [0.25, 0.3) is 5.92 Å². The summed E-state index contributed by atoms with van der Waals surface area (Å²) >= 11 is 1.53. The first kappa shape index (κ1) is 14.1. The van der Waals surface area contributed by atoms with Crippen molar-refractivity contribution in [3.05, 3.63) is 10.4 Å². The van der Waals surface area contributed by atoms with Gasteiger partial charge < -0.3 is 16.4 Å². The van der Waals surface area contributed by atoms with Gasteiger partial charge in [-0.3, -0.25) is 0 Å². The number of halogens is 2. The van der Waals surface area contributed by atoms with E-state index in [-0.39, 0.29) is 24.8 Å². The Kier molecular flexibility index (Phi) is 3.02. The molecule has 0 amide bonds. The van der Waals surface area contributed by atoms with Crippen molar-refractivity contribution >= 4 is 33.3 Å². The summed E-state index contributed by atoms with van der Waals surface area (Å²) in [6.45, 7) is 1.52. The summed E-state index contributed by atoms with van der Waals surface area (Å²) in [6, 6.07) is 0.116. The number of alkyl halides is 2. The van der Waals surface area contributed by atoms with Crippen LogP contribution in [0.3, 0.4) is 0 Å². The molecule has 2 aliphatic rings. The monoisotopic (exact) mass is 325 g/mol. The van der Waals surface area contributed by atoms with Gasteiger partial charge in [0, 0.05) is 36.9 Å². The third-order valence-corrected chi connectivity index (χ3v) is 5.67. The number of fused-ring (bicyclic) bond motifs is 3. The predicted molar refractivity (Wildman–Crippen MR) is 83.6 cm³/mol. The van der Waals surface area contributed by atoms with Crippen LogP contribution in [0.1, 0.15) is 23.3 Å². The highest BCUT2D eigenvalue weighted by Gasteiger charge is 2.37. The van der Waals surface area contributed by atoms with E-state index in [0.29, 0.717) is 24.0 Å². The molecular weight excluding hydrogens is 308 g/mol. The fourth-order valence-electron chi connectivity index (χ4n) is 3.29. The molecule has 0 radical (unpaired) electrons. The minimum Gasteiger partial charge on any atom is -0.368 e. The molecule has 2 aromatic rings. The van der Waals surface area contributed by atoms with Crippen LogP contribution in [0.15, 0.2) is 0 Å². The number of hydrogen-bond acceptors (Lipinski definition) is 6. The Bertz CT molecular complexity index is 744. The largest absolute Gasteiger partial charge is 0.368 e. The maximum atomic E-state index is 13.7. The SMILES string of the molecule is Nc1nc(N2CC[C@@H](N)C2)c2sc3c(c2n1)CC(F)(F)CC3.